The molecule has 0 bridgehead atoms. The molecule has 0 fully saturated rings. The van der Waals surface area contributed by atoms with Gasteiger partial charge in [-0.05, 0) is 68.8 Å². The molecular formula is C28H31N3O5S. The predicted octanol–water partition coefficient (Wildman–Crippen LogP) is 5.41. The van der Waals surface area contributed by atoms with Crippen LogP contribution in [0.3, 0.4) is 0 Å². The van der Waals surface area contributed by atoms with Crippen molar-refractivity contribution in [2.75, 3.05) is 25.6 Å². The summed E-state index contributed by atoms with van der Waals surface area (Å²) in [4.78, 5) is 32.1. The lowest BCUT2D eigenvalue weighted by atomic mass is 9.94. The van der Waals surface area contributed by atoms with Crippen molar-refractivity contribution in [2.24, 2.45) is 4.99 Å². The number of ether oxygens (including phenoxy) is 3. The van der Waals surface area contributed by atoms with Gasteiger partial charge < -0.3 is 24.4 Å². The van der Waals surface area contributed by atoms with E-state index in [1.54, 1.807) is 13.0 Å². The maximum atomic E-state index is 12.9. The number of nitrogens with zero attached hydrogens (tertiary/aromatic N) is 2. The lowest BCUT2D eigenvalue weighted by Gasteiger charge is -2.33. The van der Waals surface area contributed by atoms with Crippen LogP contribution in [-0.2, 0) is 14.3 Å². The molecule has 2 aromatic carbocycles. The van der Waals surface area contributed by atoms with Gasteiger partial charge in [-0.1, -0.05) is 35.5 Å². The van der Waals surface area contributed by atoms with Crippen LogP contribution in [0.4, 0.5) is 5.69 Å². The molecule has 1 N–H and O–H groups in total. The van der Waals surface area contributed by atoms with Crippen LogP contribution in [0.25, 0.3) is 0 Å². The Bertz CT molecular complexity index is 1310. The topological polar surface area (TPSA) is 89.5 Å². The van der Waals surface area contributed by atoms with Gasteiger partial charge in [0, 0.05) is 11.9 Å². The number of amidine groups is 1. The predicted molar refractivity (Wildman–Crippen MR) is 146 cm³/mol. The summed E-state index contributed by atoms with van der Waals surface area (Å²) in [6.45, 7) is 9.64. The maximum Gasteiger partial charge on any atom is 0.338 e. The van der Waals surface area contributed by atoms with Gasteiger partial charge in [-0.2, -0.15) is 0 Å². The van der Waals surface area contributed by atoms with E-state index < -0.39 is 12.0 Å². The number of amides is 1. The van der Waals surface area contributed by atoms with Crippen molar-refractivity contribution in [2.45, 2.75) is 40.7 Å². The first-order valence-electron chi connectivity index (χ1n) is 12.0. The third kappa shape index (κ3) is 5.51. The molecule has 1 amide bonds. The summed E-state index contributed by atoms with van der Waals surface area (Å²) >= 11 is 1.49. The van der Waals surface area contributed by atoms with E-state index in [1.807, 2.05) is 68.5 Å². The van der Waals surface area contributed by atoms with Crippen LogP contribution in [0.2, 0.25) is 0 Å². The minimum atomic E-state index is -0.434. The quantitative estimate of drug-likeness (QED) is 0.465. The second-order valence-electron chi connectivity index (χ2n) is 8.85. The largest absolute Gasteiger partial charge is 0.493 e. The van der Waals surface area contributed by atoms with Gasteiger partial charge in [-0.3, -0.25) is 4.79 Å². The first kappa shape index (κ1) is 26.3. The molecule has 0 saturated carbocycles. The van der Waals surface area contributed by atoms with Gasteiger partial charge in [-0.25, -0.2) is 9.79 Å². The molecule has 0 spiro atoms. The van der Waals surface area contributed by atoms with E-state index in [-0.39, 0.29) is 19.1 Å². The van der Waals surface area contributed by atoms with E-state index >= 15 is 0 Å². The molecule has 0 radical (unpaired) electrons. The van der Waals surface area contributed by atoms with Crippen molar-refractivity contribution in [3.8, 4) is 11.5 Å². The second kappa shape index (κ2) is 11.1. The molecule has 2 aliphatic heterocycles. The number of allylic oxidation sites excluding steroid dienone is 1. The Labute approximate surface area is 221 Å². The summed E-state index contributed by atoms with van der Waals surface area (Å²) in [6.07, 6.45) is 1.90. The fourth-order valence-corrected chi connectivity index (χ4v) is 5.36. The summed E-state index contributed by atoms with van der Waals surface area (Å²) in [6, 6.07) is 9.05. The summed E-state index contributed by atoms with van der Waals surface area (Å²) < 4.78 is 16.8. The van der Waals surface area contributed by atoms with Gasteiger partial charge >= 0.3 is 5.97 Å². The monoisotopic (exact) mass is 521 g/mol. The van der Waals surface area contributed by atoms with E-state index in [4.69, 9.17) is 14.2 Å². The van der Waals surface area contributed by atoms with Gasteiger partial charge in [0.2, 0.25) is 0 Å². The molecule has 4 rings (SSSR count). The minimum absolute atomic E-state index is 0.179. The Morgan fingerprint density at radius 2 is 1.81 bits per heavy atom. The number of nitrogens with one attached hydrogen (secondary N) is 1. The second-order valence-corrected chi connectivity index (χ2v) is 9.72. The number of carbonyl (C=O) groups is 2. The standard InChI is InChI=1S/C28H31N3O5S/c1-7-35-27(33)24-19(5)29-28-31(10-11-37-28)26(24)20-8-9-21(22(14-20)34-6)36-15-23(32)30-25-17(3)12-16(2)13-18(25)4/h8-14,26H,7,15H2,1-6H3,(H,30,32)/t26-/m1/s1. The molecule has 2 heterocycles. The van der Waals surface area contributed by atoms with Gasteiger partial charge in [-0.15, -0.1) is 0 Å². The van der Waals surface area contributed by atoms with Crippen molar-refractivity contribution in [3.05, 3.63) is 75.5 Å². The van der Waals surface area contributed by atoms with E-state index in [0.717, 1.165) is 33.1 Å². The van der Waals surface area contributed by atoms with Gasteiger partial charge in [0.15, 0.2) is 23.3 Å². The van der Waals surface area contributed by atoms with E-state index in [0.29, 0.717) is 22.8 Å². The number of anilines is 1. The SMILES string of the molecule is CCOC(=O)C1=C(C)N=C2SC=CN2[C@@H]1c1ccc(OCC(=O)Nc2c(C)cc(C)cc2C)c(OC)c1. The highest BCUT2D eigenvalue weighted by atomic mass is 32.2. The van der Waals surface area contributed by atoms with E-state index in [2.05, 4.69) is 10.3 Å². The van der Waals surface area contributed by atoms with Crippen molar-refractivity contribution >= 4 is 34.5 Å². The first-order chi connectivity index (χ1) is 17.7. The highest BCUT2D eigenvalue weighted by Crippen LogP contribution is 2.43. The van der Waals surface area contributed by atoms with Crippen LogP contribution in [0.5, 0.6) is 11.5 Å². The number of aryl methyl sites for hydroxylation is 3. The van der Waals surface area contributed by atoms with Gasteiger partial charge in [0.05, 0.1) is 31.0 Å². The van der Waals surface area contributed by atoms with Crippen LogP contribution >= 0.6 is 11.8 Å². The molecule has 194 valence electrons. The van der Waals surface area contributed by atoms with Crippen LogP contribution in [0, 0.1) is 20.8 Å². The number of carbonyl (C=O) groups excluding carboxylic acids is 2. The molecule has 9 heteroatoms. The van der Waals surface area contributed by atoms with E-state index in [1.165, 1.54) is 18.9 Å². The highest BCUT2D eigenvalue weighted by Gasteiger charge is 2.37. The molecule has 0 aromatic heterocycles. The van der Waals surface area contributed by atoms with Crippen molar-refractivity contribution in [1.29, 1.82) is 0 Å². The zero-order valence-corrected chi connectivity index (χ0v) is 22.7. The molecule has 2 aromatic rings. The van der Waals surface area contributed by atoms with Crippen molar-refractivity contribution < 1.29 is 23.8 Å². The Balaban J connectivity index is 1.56. The van der Waals surface area contributed by atoms with Gasteiger partial charge in [0.1, 0.15) is 0 Å². The number of fused-ring (bicyclic) bond motifs is 1. The normalized spacial score (nSPS) is 16.3. The lowest BCUT2D eigenvalue weighted by molar-refractivity contribution is -0.139. The lowest BCUT2D eigenvalue weighted by Crippen LogP contribution is -2.34. The Kier molecular flexibility index (Phi) is 7.92. The number of esters is 1. The Hall–Kier alpha value is -3.72. The van der Waals surface area contributed by atoms with Crippen molar-refractivity contribution in [1.82, 2.24) is 4.90 Å². The molecule has 0 aliphatic carbocycles. The van der Waals surface area contributed by atoms with Gasteiger partial charge in [0.25, 0.3) is 5.91 Å². The molecule has 0 saturated heterocycles. The molecule has 0 unspecified atom stereocenters. The summed E-state index contributed by atoms with van der Waals surface area (Å²) in [7, 11) is 1.54. The molecule has 1 atom stereocenters. The third-order valence-corrected chi connectivity index (χ3v) is 6.89. The third-order valence-electron chi connectivity index (χ3n) is 6.12. The molecule has 2 aliphatic rings. The smallest absolute Gasteiger partial charge is 0.338 e. The molecule has 37 heavy (non-hydrogen) atoms. The van der Waals surface area contributed by atoms with Crippen LogP contribution in [-0.4, -0.2) is 42.3 Å². The zero-order chi connectivity index (χ0) is 26.7. The Morgan fingerprint density at radius 3 is 2.49 bits per heavy atom. The number of methoxy groups -OCH3 is 1. The van der Waals surface area contributed by atoms with Crippen LogP contribution < -0.4 is 14.8 Å². The fraction of sp³-hybridized carbons (Fsp3) is 0.321. The molecule has 8 nitrogen and oxygen atoms in total. The summed E-state index contributed by atoms with van der Waals surface area (Å²) in [5, 5.41) is 5.66. The van der Waals surface area contributed by atoms with Crippen molar-refractivity contribution in [3.63, 3.8) is 0 Å². The summed E-state index contributed by atoms with van der Waals surface area (Å²) in [5.41, 5.74) is 5.82. The first-order valence-corrected chi connectivity index (χ1v) is 12.9. The number of hydrogen-bond donors (Lipinski definition) is 1. The zero-order valence-electron chi connectivity index (χ0n) is 21.9. The average Bonchev–Trinajstić information content (AvgIpc) is 3.32. The fourth-order valence-electron chi connectivity index (χ4n) is 4.57. The summed E-state index contributed by atoms with van der Waals surface area (Å²) in [5.74, 6) is 0.203. The number of aliphatic imine (C=N–C) groups is 1. The minimum Gasteiger partial charge on any atom is -0.493 e. The van der Waals surface area contributed by atoms with Crippen LogP contribution in [0.1, 0.15) is 42.1 Å². The number of hydrogen-bond acceptors (Lipinski definition) is 8. The number of thioether (sulfide) groups is 1. The van der Waals surface area contributed by atoms with E-state index in [9.17, 15) is 9.59 Å². The highest BCUT2D eigenvalue weighted by molar-refractivity contribution is 8.16. The average molecular weight is 522 g/mol. The molecular weight excluding hydrogens is 490 g/mol. The maximum absolute atomic E-state index is 12.9. The van der Waals surface area contributed by atoms with Crippen LogP contribution in [0.15, 0.2) is 58.2 Å². The number of rotatable bonds is 8. The number of benzene rings is 2. The Morgan fingerprint density at radius 1 is 1.08 bits per heavy atom.